The van der Waals surface area contributed by atoms with Crippen molar-refractivity contribution in [2.75, 3.05) is 0 Å². The van der Waals surface area contributed by atoms with Crippen LogP contribution in [-0.2, 0) is 0 Å². The van der Waals surface area contributed by atoms with Crippen LogP contribution in [-0.4, -0.2) is 30.6 Å². The fourth-order valence-corrected chi connectivity index (χ4v) is 3.32. The minimum Gasteiger partial charge on any atom is -0.480 e. The van der Waals surface area contributed by atoms with Crippen molar-refractivity contribution < 1.29 is 19.4 Å². The zero-order chi connectivity index (χ0) is 21.8. The number of alkyl halides is 1. The molecule has 0 bridgehead atoms. The predicted molar refractivity (Wildman–Crippen MR) is 125 cm³/mol. The van der Waals surface area contributed by atoms with E-state index in [0.29, 0.717) is 5.75 Å². The van der Waals surface area contributed by atoms with Crippen LogP contribution in [0.4, 0.5) is 0 Å². The third kappa shape index (κ3) is 5.02. The lowest BCUT2D eigenvalue weighted by Gasteiger charge is -2.10. The smallest absolute Gasteiger partial charge is 0.359 e. The third-order valence-corrected chi connectivity index (χ3v) is 4.76. The molecule has 1 aromatic heterocycles. The number of rotatable bonds is 7. The molecule has 4 rings (SSSR count). The van der Waals surface area contributed by atoms with Crippen molar-refractivity contribution >= 4 is 28.6 Å². The van der Waals surface area contributed by atoms with E-state index in [9.17, 15) is 4.79 Å². The van der Waals surface area contributed by atoms with Gasteiger partial charge < -0.3 is 14.6 Å². The van der Waals surface area contributed by atoms with Gasteiger partial charge in [-0.25, -0.2) is 9.89 Å². The number of nitrogens with zero attached hydrogens (tertiary/aromatic N) is 2. The van der Waals surface area contributed by atoms with E-state index >= 15 is 0 Å². The number of halogens is 1. The van der Waals surface area contributed by atoms with Gasteiger partial charge in [0.2, 0.25) is 5.69 Å². The van der Waals surface area contributed by atoms with Gasteiger partial charge in [0.05, 0.1) is 0 Å². The Balaban J connectivity index is 1.46. The highest BCUT2D eigenvalue weighted by Crippen LogP contribution is 2.29. The van der Waals surface area contributed by atoms with Gasteiger partial charge in [-0.3, -0.25) is 0 Å². The second-order valence-electron chi connectivity index (χ2n) is 6.69. The molecule has 0 saturated carbocycles. The second-order valence-corrected chi connectivity index (χ2v) is 8.44. The molecule has 1 heterocycles. The first kappa shape index (κ1) is 20.9. The molecule has 3 aromatic carbocycles. The first-order valence-electron chi connectivity index (χ1n) is 9.43. The normalized spacial score (nSPS) is 11.7. The number of carboxylic acids is 1. The summed E-state index contributed by atoms with van der Waals surface area (Å²) in [5, 5.41) is 18.5. The largest absolute Gasteiger partial charge is 0.480 e. The van der Waals surface area contributed by atoms with E-state index in [2.05, 4.69) is 62.3 Å². The molecule has 0 aliphatic heterocycles. The van der Waals surface area contributed by atoms with E-state index in [0.717, 1.165) is 28.0 Å². The summed E-state index contributed by atoms with van der Waals surface area (Å²) >= 11 is 2.23. The monoisotopic (exact) mass is 527 g/mol. The van der Waals surface area contributed by atoms with Crippen molar-refractivity contribution in [1.82, 2.24) is 15.4 Å². The second kappa shape index (κ2) is 9.17. The average Bonchev–Trinajstić information content (AvgIpc) is 3.23. The molecule has 156 valence electrons. The molecule has 0 radical (unpaired) electrons. The Bertz CT molecular complexity index is 1170. The van der Waals surface area contributed by atoms with Crippen LogP contribution >= 0.6 is 22.6 Å². The maximum atomic E-state index is 11.1. The van der Waals surface area contributed by atoms with Gasteiger partial charge in [0, 0.05) is 0 Å². The summed E-state index contributed by atoms with van der Waals surface area (Å²) in [7, 11) is 0. The SMILES string of the molecule is CC(I)Oc1ccc(-c2ccc(-c3ccc(Oc4nn[nH]c4C(=O)O)cc3)cc2)cc1. The first-order chi connectivity index (χ1) is 15.0. The number of nitrogens with one attached hydrogen (secondary N) is 1. The fourth-order valence-electron chi connectivity index (χ4n) is 3.02. The zero-order valence-electron chi connectivity index (χ0n) is 16.4. The highest BCUT2D eigenvalue weighted by atomic mass is 127. The van der Waals surface area contributed by atoms with E-state index < -0.39 is 5.97 Å². The number of aromatic carboxylic acids is 1. The maximum absolute atomic E-state index is 11.1. The number of benzene rings is 3. The van der Waals surface area contributed by atoms with Crippen molar-refractivity contribution in [3.8, 4) is 39.6 Å². The Hall–Kier alpha value is -3.40. The van der Waals surface area contributed by atoms with Gasteiger partial charge in [-0.05, 0) is 76.0 Å². The molecule has 0 amide bonds. The Morgan fingerprint density at radius 3 is 1.77 bits per heavy atom. The number of ether oxygens (including phenoxy) is 2. The molecule has 0 fully saturated rings. The van der Waals surface area contributed by atoms with E-state index in [1.807, 2.05) is 43.3 Å². The van der Waals surface area contributed by atoms with Gasteiger partial charge in [-0.2, -0.15) is 0 Å². The van der Waals surface area contributed by atoms with Crippen LogP contribution in [0.25, 0.3) is 22.3 Å². The lowest BCUT2D eigenvalue weighted by atomic mass is 10.0. The van der Waals surface area contributed by atoms with Crippen molar-refractivity contribution in [3.05, 3.63) is 78.5 Å². The molecule has 4 aromatic rings. The van der Waals surface area contributed by atoms with Gasteiger partial charge in [0.25, 0.3) is 5.88 Å². The van der Waals surface area contributed by atoms with Gasteiger partial charge in [0.1, 0.15) is 15.6 Å². The molecule has 2 N–H and O–H groups in total. The lowest BCUT2D eigenvalue weighted by Crippen LogP contribution is -2.00. The van der Waals surface area contributed by atoms with Crippen molar-refractivity contribution in [3.63, 3.8) is 0 Å². The Kier molecular flexibility index (Phi) is 6.17. The van der Waals surface area contributed by atoms with E-state index in [-0.39, 0.29) is 15.7 Å². The third-order valence-electron chi connectivity index (χ3n) is 4.50. The van der Waals surface area contributed by atoms with Gasteiger partial charge in [-0.15, -0.1) is 0 Å². The Labute approximate surface area is 192 Å². The molecule has 8 heteroatoms. The van der Waals surface area contributed by atoms with Gasteiger partial charge in [-0.1, -0.05) is 58.8 Å². The summed E-state index contributed by atoms with van der Waals surface area (Å²) in [4.78, 5) is 11.1. The number of carbonyl (C=O) groups is 1. The summed E-state index contributed by atoms with van der Waals surface area (Å²) in [6.45, 7) is 1.99. The molecule has 1 unspecified atom stereocenters. The van der Waals surface area contributed by atoms with Gasteiger partial charge >= 0.3 is 5.97 Å². The Morgan fingerprint density at radius 1 is 0.871 bits per heavy atom. The topological polar surface area (TPSA) is 97.3 Å². The average molecular weight is 527 g/mol. The lowest BCUT2D eigenvalue weighted by molar-refractivity contribution is 0.0687. The molecule has 31 heavy (non-hydrogen) atoms. The number of aromatic nitrogens is 3. The molecule has 0 spiro atoms. The highest BCUT2D eigenvalue weighted by Gasteiger charge is 2.16. The predicted octanol–water partition coefficient (Wildman–Crippen LogP) is 5.79. The zero-order valence-corrected chi connectivity index (χ0v) is 18.6. The number of H-pyrrole nitrogens is 1. The summed E-state index contributed by atoms with van der Waals surface area (Å²) < 4.78 is 11.3. The number of carboxylic acid groups (broad SMARTS) is 1. The standard InChI is InChI=1S/C23H18IN3O4/c1-14(24)30-19-10-6-17(7-11-19)15-2-4-16(5-3-15)18-8-12-20(13-9-18)31-22-21(23(28)29)25-27-26-22/h2-14H,1H3,(H,28,29)(H,25,26,27). The van der Waals surface area contributed by atoms with E-state index in [4.69, 9.17) is 14.6 Å². The van der Waals surface area contributed by atoms with E-state index in [1.165, 1.54) is 0 Å². The maximum Gasteiger partial charge on any atom is 0.359 e. The molecule has 0 aliphatic carbocycles. The van der Waals surface area contributed by atoms with Crippen molar-refractivity contribution in [1.29, 1.82) is 0 Å². The van der Waals surface area contributed by atoms with Crippen molar-refractivity contribution in [2.24, 2.45) is 0 Å². The van der Waals surface area contributed by atoms with Gasteiger partial charge in [0.15, 0.2) is 0 Å². The number of hydrogen-bond acceptors (Lipinski definition) is 5. The molecule has 0 aliphatic rings. The van der Waals surface area contributed by atoms with Crippen LogP contribution in [0.15, 0.2) is 72.8 Å². The quantitative estimate of drug-likeness (QED) is 0.233. The van der Waals surface area contributed by atoms with Crippen LogP contribution in [0.5, 0.6) is 17.4 Å². The molecule has 1 atom stereocenters. The fraction of sp³-hybridized carbons (Fsp3) is 0.0870. The highest BCUT2D eigenvalue weighted by molar-refractivity contribution is 14.1. The minimum atomic E-state index is -1.18. The van der Waals surface area contributed by atoms with Crippen molar-refractivity contribution in [2.45, 2.75) is 11.0 Å². The van der Waals surface area contributed by atoms with Crippen LogP contribution in [0.3, 0.4) is 0 Å². The molecular formula is C23H18IN3O4. The number of aromatic amines is 1. The van der Waals surface area contributed by atoms with Crippen LogP contribution < -0.4 is 9.47 Å². The Morgan fingerprint density at radius 2 is 1.32 bits per heavy atom. The molecule has 7 nitrogen and oxygen atoms in total. The molecule has 0 saturated heterocycles. The van der Waals surface area contributed by atoms with Crippen LogP contribution in [0.1, 0.15) is 17.4 Å². The van der Waals surface area contributed by atoms with Crippen LogP contribution in [0, 0.1) is 0 Å². The summed E-state index contributed by atoms with van der Waals surface area (Å²) in [6.07, 6.45) is 0. The summed E-state index contributed by atoms with van der Waals surface area (Å²) in [6, 6.07) is 23.6. The minimum absolute atomic E-state index is 0.0750. The number of hydrogen-bond donors (Lipinski definition) is 2. The summed E-state index contributed by atoms with van der Waals surface area (Å²) in [5.41, 5.74) is 4.11. The van der Waals surface area contributed by atoms with Crippen LogP contribution in [0.2, 0.25) is 0 Å². The first-order valence-corrected chi connectivity index (χ1v) is 10.7. The summed E-state index contributed by atoms with van der Waals surface area (Å²) in [5.74, 6) is 0.0676. The van der Waals surface area contributed by atoms with E-state index in [1.54, 1.807) is 12.1 Å². The molecular weight excluding hydrogens is 509 g/mol.